The maximum Gasteiger partial charge on any atom is 0.231 e. The minimum Gasteiger partial charge on any atom is -0.453 e. The summed E-state index contributed by atoms with van der Waals surface area (Å²) in [6.45, 7) is -0.190. The minimum atomic E-state index is -2.23. The van der Waals surface area contributed by atoms with E-state index in [1.165, 1.54) is 12.3 Å². The van der Waals surface area contributed by atoms with Crippen molar-refractivity contribution in [1.82, 2.24) is 20.2 Å². The quantitative estimate of drug-likeness (QED) is 0.639. The van der Waals surface area contributed by atoms with Crippen molar-refractivity contribution >= 4 is 28.4 Å². The molecule has 5 rings (SSSR count). The summed E-state index contributed by atoms with van der Waals surface area (Å²) >= 11 is 0. The van der Waals surface area contributed by atoms with Crippen molar-refractivity contribution < 1.29 is 17.0 Å². The Morgan fingerprint density at radius 2 is 2.03 bits per heavy atom. The highest BCUT2D eigenvalue weighted by atomic mass is 16.7. The largest absolute Gasteiger partial charge is 0.453 e. The lowest BCUT2D eigenvalue weighted by Crippen LogP contribution is -2.16. The molecule has 3 aromatic rings. The molecule has 2 N–H and O–H groups in total. The predicted octanol–water partition coefficient (Wildman–Crippen LogP) is 2.18. The second-order valence-corrected chi connectivity index (χ2v) is 7.12. The van der Waals surface area contributed by atoms with Crippen LogP contribution in [-0.2, 0) is 4.79 Å². The van der Waals surface area contributed by atoms with E-state index in [-0.39, 0.29) is 23.3 Å². The van der Waals surface area contributed by atoms with E-state index in [1.54, 1.807) is 19.3 Å². The van der Waals surface area contributed by atoms with Gasteiger partial charge in [-0.05, 0) is 24.3 Å². The smallest absolute Gasteiger partial charge is 0.231 e. The highest BCUT2D eigenvalue weighted by Crippen LogP contribution is 2.38. The van der Waals surface area contributed by atoms with E-state index in [4.69, 9.17) is 12.2 Å². The summed E-state index contributed by atoms with van der Waals surface area (Å²) in [6, 6.07) is 3.23. The number of hydrogen-bond donors (Lipinski definition) is 2. The van der Waals surface area contributed by atoms with Gasteiger partial charge in [-0.15, -0.1) is 10.2 Å². The number of fused-ring (bicyclic) bond motifs is 2. The second kappa shape index (κ2) is 7.15. The molecule has 2 aliphatic rings. The number of anilines is 2. The molecule has 150 valence electrons. The molecule has 1 saturated carbocycles. The molecular formula is C21H18N6O3. The van der Waals surface area contributed by atoms with E-state index in [0.29, 0.717) is 39.7 Å². The van der Waals surface area contributed by atoms with Crippen LogP contribution in [0.15, 0.2) is 24.5 Å². The monoisotopic (exact) mass is 404 g/mol. The first-order valence-corrected chi connectivity index (χ1v) is 9.38. The number of carbonyl (C=O) groups is 1. The Morgan fingerprint density at radius 1 is 1.20 bits per heavy atom. The van der Waals surface area contributed by atoms with Crippen LogP contribution in [0, 0.1) is 23.7 Å². The van der Waals surface area contributed by atoms with E-state index in [2.05, 4.69) is 42.6 Å². The van der Waals surface area contributed by atoms with Crippen molar-refractivity contribution in [1.29, 1.82) is 0 Å². The molecule has 1 amide bonds. The normalized spacial score (nSPS) is 21.1. The van der Waals surface area contributed by atoms with Gasteiger partial charge < -0.3 is 20.1 Å². The number of amides is 1. The van der Waals surface area contributed by atoms with E-state index in [0.717, 1.165) is 6.42 Å². The average molecular weight is 404 g/mol. The fourth-order valence-electron chi connectivity index (χ4n) is 3.17. The van der Waals surface area contributed by atoms with Gasteiger partial charge in [0, 0.05) is 30.6 Å². The summed E-state index contributed by atoms with van der Waals surface area (Å²) in [5.41, 5.74) is 1.46. The Hall–Kier alpha value is -3.93. The van der Waals surface area contributed by atoms with Gasteiger partial charge in [0.05, 0.1) is 11.8 Å². The van der Waals surface area contributed by atoms with Gasteiger partial charge in [-0.2, -0.15) is 0 Å². The van der Waals surface area contributed by atoms with Crippen molar-refractivity contribution in [3.63, 3.8) is 0 Å². The van der Waals surface area contributed by atoms with Crippen LogP contribution in [0.25, 0.3) is 10.9 Å². The molecule has 1 fully saturated rings. The molecule has 1 aliphatic carbocycles. The molecule has 2 atom stereocenters. The van der Waals surface area contributed by atoms with Gasteiger partial charge in [0.2, 0.25) is 12.7 Å². The molecule has 4 heterocycles. The topological polar surface area (TPSA) is 111 Å². The Morgan fingerprint density at radius 3 is 2.83 bits per heavy atom. The van der Waals surface area contributed by atoms with Crippen LogP contribution in [-0.4, -0.2) is 39.9 Å². The van der Waals surface area contributed by atoms with E-state index >= 15 is 0 Å². The third-order valence-electron chi connectivity index (χ3n) is 5.03. The maximum absolute atomic E-state index is 12.3. The van der Waals surface area contributed by atoms with Gasteiger partial charge in [0.1, 0.15) is 14.0 Å². The van der Waals surface area contributed by atoms with Gasteiger partial charge in [0.15, 0.2) is 23.1 Å². The summed E-state index contributed by atoms with van der Waals surface area (Å²) in [4.78, 5) is 20.8. The zero-order chi connectivity index (χ0) is 22.5. The first kappa shape index (κ1) is 15.9. The molecule has 1 aliphatic heterocycles. The van der Waals surface area contributed by atoms with Crippen LogP contribution in [0.2, 0.25) is 0 Å². The molecule has 0 unspecified atom stereocenters. The summed E-state index contributed by atoms with van der Waals surface area (Å²) in [6.07, 6.45) is 3.84. The van der Waals surface area contributed by atoms with Gasteiger partial charge in [-0.25, -0.2) is 9.97 Å². The van der Waals surface area contributed by atoms with Crippen molar-refractivity contribution in [3.05, 3.63) is 35.8 Å². The molecule has 0 aromatic carbocycles. The first-order chi connectivity index (χ1) is 15.3. The zero-order valence-electron chi connectivity index (χ0n) is 18.2. The number of hydrogen-bond acceptors (Lipinski definition) is 8. The maximum atomic E-state index is 12.3. The second-order valence-electron chi connectivity index (χ2n) is 7.12. The number of nitrogens with zero attached hydrogens (tertiary/aromatic N) is 4. The van der Waals surface area contributed by atoms with Crippen LogP contribution < -0.4 is 20.1 Å². The third-order valence-corrected chi connectivity index (χ3v) is 5.03. The molecular weight excluding hydrogens is 384 g/mol. The Labute approximate surface area is 175 Å². The van der Waals surface area contributed by atoms with E-state index < -0.39 is 6.75 Å². The lowest BCUT2D eigenvalue weighted by atomic mass is 10.1. The van der Waals surface area contributed by atoms with E-state index in [1.807, 2.05) is 6.92 Å². The Bertz CT molecular complexity index is 1320. The number of aromatic nitrogens is 4. The first-order valence-electron chi connectivity index (χ1n) is 10.4. The van der Waals surface area contributed by atoms with Crippen LogP contribution in [0.1, 0.15) is 27.3 Å². The highest BCUT2D eigenvalue weighted by molar-refractivity contribution is 5.97. The Balaban J connectivity index is 1.49. The predicted molar refractivity (Wildman–Crippen MR) is 109 cm³/mol. The molecule has 30 heavy (non-hydrogen) atoms. The highest BCUT2D eigenvalue weighted by Gasteiger charge is 2.39. The molecule has 9 heteroatoms. The minimum absolute atomic E-state index is 0.0142. The molecule has 3 aromatic heterocycles. The van der Waals surface area contributed by atoms with Crippen LogP contribution in [0.4, 0.5) is 11.6 Å². The number of rotatable bonds is 3. The van der Waals surface area contributed by atoms with Gasteiger partial charge in [-0.1, -0.05) is 12.8 Å². The molecule has 0 saturated heterocycles. The zero-order valence-corrected chi connectivity index (χ0v) is 16.2. The summed E-state index contributed by atoms with van der Waals surface area (Å²) < 4.78 is 25.1. The number of pyridine rings is 2. The van der Waals surface area contributed by atoms with Crippen molar-refractivity contribution in [2.24, 2.45) is 11.8 Å². The fraction of sp³-hybridized carbons (Fsp3) is 0.286. The van der Waals surface area contributed by atoms with Crippen LogP contribution in [0.5, 0.6) is 11.5 Å². The van der Waals surface area contributed by atoms with Crippen molar-refractivity contribution in [2.45, 2.75) is 13.3 Å². The SMILES string of the molecule is [2H]C1([2H])Oc2cnc(C#Cc3cnc(NC)c4nnc(NC(=O)[C@H]5C[C@H]5C)cc34)cc2O1. The van der Waals surface area contributed by atoms with Crippen molar-refractivity contribution in [2.75, 3.05) is 24.4 Å². The molecule has 0 bridgehead atoms. The molecule has 0 radical (unpaired) electrons. The lowest BCUT2D eigenvalue weighted by molar-refractivity contribution is -0.117. The molecule has 0 spiro atoms. The lowest BCUT2D eigenvalue weighted by Gasteiger charge is -2.08. The van der Waals surface area contributed by atoms with Gasteiger partial charge in [0.25, 0.3) is 0 Å². The van der Waals surface area contributed by atoms with Gasteiger partial charge in [-0.3, -0.25) is 4.79 Å². The molecule has 9 nitrogen and oxygen atoms in total. The summed E-state index contributed by atoms with van der Waals surface area (Å²) in [5.74, 6) is 7.61. The summed E-state index contributed by atoms with van der Waals surface area (Å²) in [7, 11) is 1.73. The Kier molecular flexibility index (Phi) is 3.80. The van der Waals surface area contributed by atoms with Crippen molar-refractivity contribution in [3.8, 4) is 23.3 Å². The number of ether oxygens (including phenoxy) is 2. The van der Waals surface area contributed by atoms with E-state index in [9.17, 15) is 4.79 Å². The number of carbonyl (C=O) groups excluding carboxylic acids is 1. The van der Waals surface area contributed by atoms with Crippen LogP contribution >= 0.6 is 0 Å². The fourth-order valence-corrected chi connectivity index (χ4v) is 3.17. The third kappa shape index (κ3) is 3.33. The average Bonchev–Trinajstić information content (AvgIpc) is 3.41. The number of nitrogens with one attached hydrogen (secondary N) is 2. The van der Waals surface area contributed by atoms with Gasteiger partial charge >= 0.3 is 0 Å². The standard InChI is InChI=1S/C21H18N6O3/c1-11-5-14(11)21(28)25-18-7-15-12(8-24-20(22-2)19(15)27-26-18)3-4-13-6-16-17(9-23-13)30-10-29-16/h6-9,11,14H,5,10H2,1-2H3,(H,22,24)(H,25,26,28)/t11-,14+/m1/s1/i10D2. The van der Waals surface area contributed by atoms with Crippen LogP contribution in [0.3, 0.4) is 0 Å². The summed E-state index contributed by atoms with van der Waals surface area (Å²) in [5, 5.41) is 14.8.